The first-order valence-electron chi connectivity index (χ1n) is 8.89. The molecule has 0 amide bonds. The Hall–Kier alpha value is -2.66. The predicted molar refractivity (Wildman–Crippen MR) is 99.1 cm³/mol. The number of nitrogens with zero attached hydrogens (tertiary/aromatic N) is 2. The highest BCUT2D eigenvalue weighted by molar-refractivity contribution is 6.15. The van der Waals surface area contributed by atoms with Crippen LogP contribution in [-0.2, 0) is 6.54 Å². The maximum atomic E-state index is 12.9. The maximum Gasteiger partial charge on any atom is 0.232 e. The van der Waals surface area contributed by atoms with Gasteiger partial charge in [0.1, 0.15) is 18.2 Å². The van der Waals surface area contributed by atoms with E-state index in [4.69, 9.17) is 9.47 Å². The first kappa shape index (κ1) is 16.8. The topological polar surface area (TPSA) is 51.7 Å². The molecule has 0 spiro atoms. The Balaban J connectivity index is 1.72. The summed E-state index contributed by atoms with van der Waals surface area (Å²) in [5, 5.41) is 0. The zero-order valence-corrected chi connectivity index (χ0v) is 15.3. The number of Topliss-reactive ketones (excluding diaryl/α,β-unsaturated/α-hetero) is 1. The van der Waals surface area contributed by atoms with Crippen molar-refractivity contribution in [1.82, 2.24) is 9.88 Å². The van der Waals surface area contributed by atoms with Crippen LogP contribution in [0.1, 0.15) is 40.9 Å². The fraction of sp³-hybridized carbons (Fsp3) is 0.333. The molecule has 0 aliphatic carbocycles. The molecule has 0 unspecified atom stereocenters. The van der Waals surface area contributed by atoms with Gasteiger partial charge in [-0.1, -0.05) is 13.8 Å². The van der Waals surface area contributed by atoms with Gasteiger partial charge in [-0.3, -0.25) is 14.7 Å². The Labute approximate surface area is 153 Å². The van der Waals surface area contributed by atoms with E-state index in [1.165, 1.54) is 0 Å². The van der Waals surface area contributed by atoms with Crippen molar-refractivity contribution >= 4 is 11.9 Å². The van der Waals surface area contributed by atoms with Gasteiger partial charge in [0.15, 0.2) is 5.76 Å². The average molecular weight is 350 g/mol. The molecule has 0 bridgehead atoms. The van der Waals surface area contributed by atoms with Crippen LogP contribution in [-0.4, -0.2) is 28.9 Å². The normalized spacial score (nSPS) is 17.8. The third-order valence-electron chi connectivity index (χ3n) is 4.61. The summed E-state index contributed by atoms with van der Waals surface area (Å²) in [6, 6.07) is 5.66. The molecule has 26 heavy (non-hydrogen) atoms. The van der Waals surface area contributed by atoms with Gasteiger partial charge in [-0.15, -0.1) is 0 Å². The van der Waals surface area contributed by atoms with Crippen molar-refractivity contribution in [3.8, 4) is 11.5 Å². The summed E-state index contributed by atoms with van der Waals surface area (Å²) in [7, 11) is 0. The Kier molecular flexibility index (Phi) is 4.24. The summed E-state index contributed by atoms with van der Waals surface area (Å²) in [4.78, 5) is 19.1. The molecule has 1 aromatic heterocycles. The Morgan fingerprint density at radius 3 is 2.81 bits per heavy atom. The van der Waals surface area contributed by atoms with Gasteiger partial charge in [-0.05, 0) is 48.2 Å². The molecule has 0 saturated carbocycles. The molecule has 0 atom stereocenters. The zero-order valence-electron chi connectivity index (χ0n) is 15.3. The monoisotopic (exact) mass is 350 g/mol. The summed E-state index contributed by atoms with van der Waals surface area (Å²) < 4.78 is 12.0. The van der Waals surface area contributed by atoms with Crippen molar-refractivity contribution in [3.63, 3.8) is 0 Å². The minimum absolute atomic E-state index is 0.0712. The summed E-state index contributed by atoms with van der Waals surface area (Å²) in [6.07, 6.45) is 5.17. The van der Waals surface area contributed by atoms with Crippen molar-refractivity contribution in [2.45, 2.75) is 27.3 Å². The maximum absolute atomic E-state index is 12.9. The van der Waals surface area contributed by atoms with Crippen molar-refractivity contribution < 1.29 is 14.3 Å². The zero-order chi connectivity index (χ0) is 18.3. The molecule has 0 saturated heterocycles. The lowest BCUT2D eigenvalue weighted by molar-refractivity contribution is 0.0831. The SMILES string of the molecule is Cc1cc2c(c3c1C(=O)/C(=C/c1ccncc1)O3)CN(CC(C)C)CO2. The van der Waals surface area contributed by atoms with Gasteiger partial charge >= 0.3 is 0 Å². The summed E-state index contributed by atoms with van der Waals surface area (Å²) in [6.45, 7) is 8.54. The van der Waals surface area contributed by atoms with E-state index in [-0.39, 0.29) is 5.78 Å². The number of carbonyl (C=O) groups is 1. The summed E-state index contributed by atoms with van der Waals surface area (Å²) >= 11 is 0. The number of allylic oxidation sites excluding steroid dienone is 1. The number of pyridine rings is 1. The fourth-order valence-electron chi connectivity index (χ4n) is 3.52. The third-order valence-corrected chi connectivity index (χ3v) is 4.61. The van der Waals surface area contributed by atoms with E-state index in [1.807, 2.05) is 25.1 Å². The van der Waals surface area contributed by atoms with Gasteiger partial charge in [0.05, 0.1) is 11.1 Å². The van der Waals surface area contributed by atoms with Gasteiger partial charge in [0, 0.05) is 25.5 Å². The quantitative estimate of drug-likeness (QED) is 0.788. The minimum Gasteiger partial charge on any atom is -0.478 e. The molecular formula is C21H22N2O3. The number of ether oxygens (including phenoxy) is 2. The number of hydrogen-bond donors (Lipinski definition) is 0. The van der Waals surface area contributed by atoms with E-state index < -0.39 is 0 Å². The first-order chi connectivity index (χ1) is 12.5. The molecule has 1 aromatic carbocycles. The molecular weight excluding hydrogens is 328 g/mol. The van der Waals surface area contributed by atoms with E-state index in [1.54, 1.807) is 18.5 Å². The molecule has 0 fully saturated rings. The Bertz CT molecular complexity index is 888. The Morgan fingerprint density at radius 2 is 2.08 bits per heavy atom. The van der Waals surface area contributed by atoms with E-state index in [0.29, 0.717) is 29.7 Å². The molecule has 4 rings (SSSR count). The van der Waals surface area contributed by atoms with E-state index in [9.17, 15) is 4.79 Å². The van der Waals surface area contributed by atoms with Crippen LogP contribution < -0.4 is 9.47 Å². The molecule has 3 heterocycles. The van der Waals surface area contributed by atoms with Crippen LogP contribution in [0.2, 0.25) is 0 Å². The number of rotatable bonds is 3. The molecule has 5 heteroatoms. The number of carbonyl (C=O) groups excluding carboxylic acids is 1. The lowest BCUT2D eigenvalue weighted by atomic mass is 9.98. The van der Waals surface area contributed by atoms with E-state index >= 15 is 0 Å². The van der Waals surface area contributed by atoms with Crippen LogP contribution in [0.25, 0.3) is 6.08 Å². The number of benzene rings is 1. The van der Waals surface area contributed by atoms with Crippen LogP contribution in [0.3, 0.4) is 0 Å². The number of ketones is 1. The fourth-order valence-corrected chi connectivity index (χ4v) is 3.52. The van der Waals surface area contributed by atoms with Gasteiger partial charge in [0.25, 0.3) is 0 Å². The van der Waals surface area contributed by atoms with Crippen molar-refractivity contribution in [2.75, 3.05) is 13.3 Å². The van der Waals surface area contributed by atoms with Gasteiger partial charge in [-0.25, -0.2) is 0 Å². The summed E-state index contributed by atoms with van der Waals surface area (Å²) in [5.41, 5.74) is 3.39. The Morgan fingerprint density at radius 1 is 1.31 bits per heavy atom. The molecule has 5 nitrogen and oxygen atoms in total. The van der Waals surface area contributed by atoms with Crippen LogP contribution >= 0.6 is 0 Å². The molecule has 134 valence electrons. The second kappa shape index (κ2) is 6.57. The van der Waals surface area contributed by atoms with Gasteiger partial charge in [-0.2, -0.15) is 0 Å². The van der Waals surface area contributed by atoms with E-state index in [0.717, 1.165) is 35.5 Å². The highest BCUT2D eigenvalue weighted by Gasteiger charge is 2.35. The van der Waals surface area contributed by atoms with Crippen LogP contribution in [0, 0.1) is 12.8 Å². The average Bonchev–Trinajstić information content (AvgIpc) is 2.93. The van der Waals surface area contributed by atoms with Crippen molar-refractivity contribution in [2.24, 2.45) is 5.92 Å². The van der Waals surface area contributed by atoms with Crippen molar-refractivity contribution in [1.29, 1.82) is 0 Å². The lowest BCUT2D eigenvalue weighted by Crippen LogP contribution is -2.35. The standard InChI is InChI=1S/C21H22N2O3/c1-13(2)10-23-11-16-17(25-12-23)8-14(3)19-20(24)18(26-21(16)19)9-15-4-6-22-7-5-15/h4-9,13H,10-12H2,1-3H3/b18-9-. The lowest BCUT2D eigenvalue weighted by Gasteiger charge is -2.31. The smallest absolute Gasteiger partial charge is 0.232 e. The van der Waals surface area contributed by atoms with Crippen molar-refractivity contribution in [3.05, 3.63) is 58.6 Å². The van der Waals surface area contributed by atoms with Crippen LogP contribution in [0.4, 0.5) is 0 Å². The van der Waals surface area contributed by atoms with Crippen LogP contribution in [0.5, 0.6) is 11.5 Å². The second-order valence-corrected chi connectivity index (χ2v) is 7.27. The number of hydrogen-bond acceptors (Lipinski definition) is 5. The first-order valence-corrected chi connectivity index (χ1v) is 8.89. The minimum atomic E-state index is -0.0712. The molecule has 2 aliphatic rings. The second-order valence-electron chi connectivity index (χ2n) is 7.27. The van der Waals surface area contributed by atoms with Gasteiger partial charge in [0.2, 0.25) is 5.78 Å². The molecule has 0 radical (unpaired) electrons. The highest BCUT2D eigenvalue weighted by atomic mass is 16.5. The largest absolute Gasteiger partial charge is 0.478 e. The molecule has 2 aromatic rings. The van der Waals surface area contributed by atoms with Gasteiger partial charge < -0.3 is 9.47 Å². The molecule has 0 N–H and O–H groups in total. The van der Waals surface area contributed by atoms with E-state index in [2.05, 4.69) is 23.7 Å². The van der Waals surface area contributed by atoms with Crippen LogP contribution in [0.15, 0.2) is 36.4 Å². The highest BCUT2D eigenvalue weighted by Crippen LogP contribution is 2.44. The summed E-state index contributed by atoms with van der Waals surface area (Å²) in [5.74, 6) is 2.29. The predicted octanol–water partition coefficient (Wildman–Crippen LogP) is 3.81. The third kappa shape index (κ3) is 2.99. The number of aryl methyl sites for hydroxylation is 1. The number of aromatic nitrogens is 1. The molecule has 2 aliphatic heterocycles. The number of fused-ring (bicyclic) bond motifs is 3.